The van der Waals surface area contributed by atoms with Crippen LogP contribution >= 0.6 is 7.60 Å². The van der Waals surface area contributed by atoms with Crippen LogP contribution in [0.1, 0.15) is 49.5 Å². The molecule has 0 aromatic heterocycles. The Balaban J connectivity index is 2.61. The minimum Gasteiger partial charge on any atom is -0.306 e. The molecule has 0 amide bonds. The first-order valence-electron chi connectivity index (χ1n) is 10.1. The van der Waals surface area contributed by atoms with Gasteiger partial charge < -0.3 is 9.05 Å². The van der Waals surface area contributed by atoms with E-state index in [-0.39, 0.29) is 24.8 Å². The van der Waals surface area contributed by atoms with E-state index in [1.165, 1.54) is 12.7 Å². The summed E-state index contributed by atoms with van der Waals surface area (Å²) in [5, 5.41) is 0. The van der Waals surface area contributed by atoms with E-state index in [9.17, 15) is 14.2 Å². The van der Waals surface area contributed by atoms with Crippen molar-refractivity contribution in [3.05, 3.63) is 83.2 Å². The van der Waals surface area contributed by atoms with Crippen molar-refractivity contribution in [3.63, 3.8) is 0 Å². The quantitative estimate of drug-likeness (QED) is 0.248. The van der Waals surface area contributed by atoms with E-state index in [2.05, 4.69) is 0 Å². The molecule has 0 bridgehead atoms. The maximum Gasteiger partial charge on any atom is 0.354 e. The second kappa shape index (κ2) is 11.2. The summed E-state index contributed by atoms with van der Waals surface area (Å²) < 4.78 is 23.9. The molecule has 0 spiro atoms. The number of carbonyl (C=O) groups excluding carboxylic acids is 2. The largest absolute Gasteiger partial charge is 0.354 e. The van der Waals surface area contributed by atoms with Gasteiger partial charge in [-0.25, -0.2) is 0 Å². The lowest BCUT2D eigenvalue weighted by Gasteiger charge is -2.27. The summed E-state index contributed by atoms with van der Waals surface area (Å²) in [4.78, 5) is 26.1. The van der Waals surface area contributed by atoms with Gasteiger partial charge in [-0.1, -0.05) is 66.2 Å². The van der Waals surface area contributed by atoms with Crippen molar-refractivity contribution in [3.8, 4) is 0 Å². The van der Waals surface area contributed by atoms with E-state index in [4.69, 9.17) is 9.05 Å². The number of hydrogen-bond donors (Lipinski definition) is 0. The summed E-state index contributed by atoms with van der Waals surface area (Å²) in [5.41, 5.74) is 1.84. The topological polar surface area (TPSA) is 69.7 Å². The highest BCUT2D eigenvalue weighted by atomic mass is 31.2. The lowest BCUT2D eigenvalue weighted by molar-refractivity contribution is -0.119. The van der Waals surface area contributed by atoms with Crippen LogP contribution in [0.4, 0.5) is 0 Å². The van der Waals surface area contributed by atoms with E-state index in [0.29, 0.717) is 11.1 Å². The highest BCUT2D eigenvalue weighted by molar-refractivity contribution is 7.57. The van der Waals surface area contributed by atoms with Crippen LogP contribution in [-0.4, -0.2) is 24.8 Å². The van der Waals surface area contributed by atoms with Crippen LogP contribution in [0.15, 0.2) is 72.1 Å². The second-order valence-corrected chi connectivity index (χ2v) is 8.81. The Hall–Kier alpha value is -2.33. The van der Waals surface area contributed by atoms with Gasteiger partial charge in [0.25, 0.3) is 0 Å². The van der Waals surface area contributed by atoms with Crippen molar-refractivity contribution >= 4 is 19.2 Å². The molecule has 0 saturated carbocycles. The van der Waals surface area contributed by atoms with Crippen LogP contribution < -0.4 is 0 Å². The number of hydrogen-bond acceptors (Lipinski definition) is 5. The van der Waals surface area contributed by atoms with Crippen molar-refractivity contribution in [1.29, 1.82) is 0 Å². The Morgan fingerprint density at radius 2 is 1.40 bits per heavy atom. The van der Waals surface area contributed by atoms with Gasteiger partial charge in [-0.05, 0) is 33.3 Å². The first kappa shape index (κ1) is 23.9. The average Bonchev–Trinajstić information content (AvgIpc) is 2.72. The number of ketones is 2. The predicted molar refractivity (Wildman–Crippen MR) is 119 cm³/mol. The lowest BCUT2D eigenvalue weighted by Crippen LogP contribution is -2.29. The number of carbonyl (C=O) groups is 2. The molecule has 30 heavy (non-hydrogen) atoms. The van der Waals surface area contributed by atoms with Crippen LogP contribution in [-0.2, 0) is 18.4 Å². The third-order valence-corrected chi connectivity index (χ3v) is 6.70. The zero-order chi connectivity index (χ0) is 22.1. The average molecular weight is 428 g/mol. The van der Waals surface area contributed by atoms with Gasteiger partial charge >= 0.3 is 7.60 Å². The van der Waals surface area contributed by atoms with Crippen LogP contribution in [0.25, 0.3) is 0 Å². The first-order chi connectivity index (χ1) is 14.3. The lowest BCUT2D eigenvalue weighted by atomic mass is 9.76. The normalized spacial score (nSPS) is 14.2. The van der Waals surface area contributed by atoms with Gasteiger partial charge in [-0.3, -0.25) is 14.2 Å². The van der Waals surface area contributed by atoms with Gasteiger partial charge in [-0.15, -0.1) is 0 Å². The molecule has 2 unspecified atom stereocenters. The number of benzene rings is 2. The fourth-order valence-electron chi connectivity index (χ4n) is 3.53. The summed E-state index contributed by atoms with van der Waals surface area (Å²) in [5.74, 6) is -0.625. The molecule has 6 heteroatoms. The molecule has 2 aromatic rings. The highest BCUT2D eigenvalue weighted by Crippen LogP contribution is 2.52. The summed E-state index contributed by atoms with van der Waals surface area (Å²) in [6.45, 7) is 7.09. The van der Waals surface area contributed by atoms with Crippen LogP contribution in [0.3, 0.4) is 0 Å². The van der Waals surface area contributed by atoms with Crippen molar-refractivity contribution in [2.75, 3.05) is 13.2 Å². The zero-order valence-corrected chi connectivity index (χ0v) is 18.8. The van der Waals surface area contributed by atoms with Gasteiger partial charge in [0.2, 0.25) is 0 Å². The van der Waals surface area contributed by atoms with Crippen LogP contribution in [0.5, 0.6) is 0 Å². The van der Waals surface area contributed by atoms with Gasteiger partial charge in [0.15, 0.2) is 5.78 Å². The molecule has 0 fully saturated rings. The minimum absolute atomic E-state index is 0.218. The molecule has 0 heterocycles. The zero-order valence-electron chi connectivity index (χ0n) is 17.9. The molecule has 0 saturated heterocycles. The summed E-state index contributed by atoms with van der Waals surface area (Å²) in [7, 11) is -3.51. The number of allylic oxidation sites excluding steroid dienone is 1. The van der Waals surface area contributed by atoms with E-state index in [1.807, 2.05) is 36.4 Å². The molecule has 5 nitrogen and oxygen atoms in total. The molecule has 160 valence electrons. The van der Waals surface area contributed by atoms with E-state index in [1.54, 1.807) is 45.0 Å². The highest BCUT2D eigenvalue weighted by Gasteiger charge is 2.36. The van der Waals surface area contributed by atoms with E-state index >= 15 is 0 Å². The van der Waals surface area contributed by atoms with Gasteiger partial charge in [0.05, 0.1) is 19.1 Å². The fourth-order valence-corrected chi connectivity index (χ4v) is 5.14. The molecule has 0 aliphatic rings. The standard InChI is InChI=1S/C24H29O5P/c1-5-28-30(27,29-6-2)17-18(3)22(20-13-9-7-10-14-20)23(19(4)25)24(26)21-15-11-8-12-16-21/h7-17,22-23H,5-6H2,1-4H3/b18-17+. The van der Waals surface area contributed by atoms with Crippen LogP contribution in [0.2, 0.25) is 0 Å². The van der Waals surface area contributed by atoms with Gasteiger partial charge in [0, 0.05) is 17.3 Å². The van der Waals surface area contributed by atoms with E-state index in [0.717, 1.165) is 5.56 Å². The monoisotopic (exact) mass is 428 g/mol. The SMILES string of the molecule is CCOP(=O)(/C=C(\C)C(c1ccccc1)C(C(C)=O)C(=O)c1ccccc1)OCC. The Morgan fingerprint density at radius 3 is 1.87 bits per heavy atom. The molecule has 2 rings (SSSR count). The number of Topliss-reactive ketones (excluding diaryl/α,β-unsaturated/α-hetero) is 2. The molecule has 0 aliphatic heterocycles. The summed E-state index contributed by atoms with van der Waals surface area (Å²) in [6.07, 6.45) is 0. The maximum atomic E-state index is 13.3. The molecule has 2 aromatic carbocycles. The maximum absolute atomic E-state index is 13.3. The van der Waals surface area contributed by atoms with Gasteiger partial charge in [-0.2, -0.15) is 0 Å². The molecule has 0 aliphatic carbocycles. The number of rotatable bonds is 11. The fraction of sp³-hybridized carbons (Fsp3) is 0.333. The summed E-state index contributed by atoms with van der Waals surface area (Å²) >= 11 is 0. The Morgan fingerprint density at radius 1 is 0.900 bits per heavy atom. The molecule has 0 N–H and O–H groups in total. The second-order valence-electron chi connectivity index (χ2n) is 6.96. The smallest absolute Gasteiger partial charge is 0.306 e. The Kier molecular flexibility index (Phi) is 8.91. The molecule has 0 radical (unpaired) electrons. The van der Waals surface area contributed by atoms with Crippen molar-refractivity contribution in [2.24, 2.45) is 5.92 Å². The summed E-state index contributed by atoms with van der Waals surface area (Å²) in [6, 6.07) is 18.0. The van der Waals surface area contributed by atoms with Crippen molar-refractivity contribution in [2.45, 2.75) is 33.6 Å². The predicted octanol–water partition coefficient (Wildman–Crippen LogP) is 6.03. The van der Waals surface area contributed by atoms with Gasteiger partial charge in [0.1, 0.15) is 5.78 Å². The Bertz CT molecular complexity index is 911. The molecular weight excluding hydrogens is 399 g/mol. The third kappa shape index (κ3) is 6.09. The van der Waals surface area contributed by atoms with Crippen molar-refractivity contribution < 1.29 is 23.2 Å². The third-order valence-electron chi connectivity index (χ3n) is 4.74. The van der Waals surface area contributed by atoms with Crippen molar-refractivity contribution in [1.82, 2.24) is 0 Å². The first-order valence-corrected chi connectivity index (χ1v) is 11.7. The minimum atomic E-state index is -3.51. The van der Waals surface area contributed by atoms with E-state index < -0.39 is 19.4 Å². The van der Waals surface area contributed by atoms with Crippen LogP contribution in [0, 0.1) is 5.92 Å². The molecular formula is C24H29O5P. The Labute approximate surface area is 178 Å². The molecule has 2 atom stereocenters.